The number of carbonyl (C=O) groups excluding carboxylic acids is 2. The maximum Gasteiger partial charge on any atom is 0.228 e. The predicted molar refractivity (Wildman–Crippen MR) is 207 cm³/mol. The summed E-state index contributed by atoms with van der Waals surface area (Å²) in [6.45, 7) is 2.53. The molecule has 8 rings (SSSR count). The van der Waals surface area contributed by atoms with Gasteiger partial charge in [-0.2, -0.15) is 0 Å². The lowest BCUT2D eigenvalue weighted by molar-refractivity contribution is -0.130. The molecule has 2 aliphatic heterocycles. The van der Waals surface area contributed by atoms with Gasteiger partial charge in [0.05, 0.1) is 47.0 Å². The minimum atomic E-state index is -0.305. The molecule has 14 heteroatoms. The predicted octanol–water partition coefficient (Wildman–Crippen LogP) is 5.64. The first-order valence-electron chi connectivity index (χ1n) is 18.3. The Balaban J connectivity index is 0.000000172. The second-order valence-corrected chi connectivity index (χ2v) is 13.7. The Labute approximate surface area is 322 Å². The van der Waals surface area contributed by atoms with Crippen molar-refractivity contribution in [2.24, 2.45) is 0 Å². The van der Waals surface area contributed by atoms with E-state index in [4.69, 9.17) is 11.5 Å². The van der Waals surface area contributed by atoms with Crippen molar-refractivity contribution in [3.05, 3.63) is 144 Å². The number of nitrogens with zero attached hydrogens (tertiary/aromatic N) is 8. The number of nitrogens with two attached hydrogens (primary N) is 2. The van der Waals surface area contributed by atoms with Crippen LogP contribution in [-0.2, 0) is 22.4 Å². The van der Waals surface area contributed by atoms with Gasteiger partial charge < -0.3 is 21.3 Å². The third-order valence-corrected chi connectivity index (χ3v) is 9.92. The van der Waals surface area contributed by atoms with Crippen molar-refractivity contribution in [2.75, 3.05) is 37.6 Å². The molecule has 0 bridgehead atoms. The maximum atomic E-state index is 13.1. The topological polar surface area (TPSA) is 170 Å². The fraction of sp³-hybridized carbons (Fsp3) is 0.238. The summed E-state index contributed by atoms with van der Waals surface area (Å²) < 4.78 is 26.3. The van der Waals surface area contributed by atoms with Crippen LogP contribution in [0, 0.1) is 11.6 Å². The zero-order valence-corrected chi connectivity index (χ0v) is 30.5. The van der Waals surface area contributed by atoms with Crippen LogP contribution < -0.4 is 11.5 Å². The normalized spacial score (nSPS) is 16.3. The third-order valence-electron chi connectivity index (χ3n) is 9.92. The Kier molecular flexibility index (Phi) is 11.5. The summed E-state index contributed by atoms with van der Waals surface area (Å²) in [6, 6.07) is 22.7. The van der Waals surface area contributed by atoms with Gasteiger partial charge in [-0.1, -0.05) is 0 Å². The average molecular weight is 755 g/mol. The van der Waals surface area contributed by atoms with Crippen molar-refractivity contribution in [3.8, 4) is 22.5 Å². The lowest BCUT2D eigenvalue weighted by Gasteiger charge is -2.17. The molecule has 284 valence electrons. The van der Waals surface area contributed by atoms with E-state index in [1.165, 1.54) is 24.3 Å². The zero-order valence-electron chi connectivity index (χ0n) is 30.5. The summed E-state index contributed by atoms with van der Waals surface area (Å²) in [5.41, 5.74) is 17.0. The van der Waals surface area contributed by atoms with Gasteiger partial charge in [0.2, 0.25) is 11.8 Å². The van der Waals surface area contributed by atoms with Gasteiger partial charge in [0.25, 0.3) is 0 Å². The van der Waals surface area contributed by atoms with E-state index in [0.29, 0.717) is 60.3 Å². The Hall–Kier alpha value is -6.70. The van der Waals surface area contributed by atoms with Crippen molar-refractivity contribution < 1.29 is 18.4 Å². The molecule has 4 aromatic heterocycles. The maximum absolute atomic E-state index is 13.1. The molecule has 2 atom stereocenters. The summed E-state index contributed by atoms with van der Waals surface area (Å²) in [4.78, 5) is 55.4. The Morgan fingerprint density at radius 2 is 0.946 bits per heavy atom. The molecule has 0 aliphatic carbocycles. The minimum Gasteiger partial charge on any atom is -0.397 e. The number of aromatic nitrogens is 6. The van der Waals surface area contributed by atoms with Crippen LogP contribution in [0.1, 0.15) is 47.7 Å². The molecule has 12 nitrogen and oxygen atoms in total. The number of benzene rings is 2. The summed E-state index contributed by atoms with van der Waals surface area (Å²) in [5.74, 6) is 1.20. The monoisotopic (exact) mass is 754 g/mol. The van der Waals surface area contributed by atoms with E-state index in [1.807, 2.05) is 9.80 Å². The highest BCUT2D eigenvalue weighted by Gasteiger charge is 2.30. The molecular formula is C42H40F2N10O2. The van der Waals surface area contributed by atoms with Crippen LogP contribution in [0.3, 0.4) is 0 Å². The van der Waals surface area contributed by atoms with Gasteiger partial charge in [-0.15, -0.1) is 0 Å². The number of likely N-dealkylation sites (tertiary alicyclic amines) is 2. The zero-order chi connectivity index (χ0) is 39.0. The molecule has 6 heterocycles. The molecule has 2 aliphatic rings. The summed E-state index contributed by atoms with van der Waals surface area (Å²) >= 11 is 0. The first-order valence-corrected chi connectivity index (χ1v) is 18.3. The van der Waals surface area contributed by atoms with E-state index in [1.54, 1.807) is 85.5 Å². The van der Waals surface area contributed by atoms with Crippen LogP contribution in [0.2, 0.25) is 0 Å². The van der Waals surface area contributed by atoms with Crippen molar-refractivity contribution >= 4 is 23.2 Å². The highest BCUT2D eigenvalue weighted by Crippen LogP contribution is 2.28. The van der Waals surface area contributed by atoms with Gasteiger partial charge >= 0.3 is 0 Å². The number of pyridine rings is 2. The standard InChI is InChI=1S/2C21H20FN5O/c2*22-16-4-2-14(3-5-16)18-7-6-17(23)19(26-18)12-20(28)27-11-8-15(13-27)21-24-9-1-10-25-21/h2*1-7,9-10,15H,8,11-13,23H2/t2*15-/m10/s1. The van der Waals surface area contributed by atoms with Crippen LogP contribution in [0.5, 0.6) is 0 Å². The number of carbonyl (C=O) groups is 2. The van der Waals surface area contributed by atoms with E-state index in [9.17, 15) is 18.4 Å². The molecule has 2 amide bonds. The molecule has 0 saturated carbocycles. The second kappa shape index (κ2) is 17.2. The average Bonchev–Trinajstić information content (AvgIpc) is 3.93. The number of amides is 2. The van der Waals surface area contributed by atoms with Crippen LogP contribution in [0.4, 0.5) is 20.2 Å². The lowest BCUT2D eigenvalue weighted by atomic mass is 10.1. The smallest absolute Gasteiger partial charge is 0.228 e. The van der Waals surface area contributed by atoms with Gasteiger partial charge in [0.15, 0.2) is 0 Å². The first-order chi connectivity index (χ1) is 27.2. The quantitative estimate of drug-likeness (QED) is 0.198. The van der Waals surface area contributed by atoms with Gasteiger partial charge in [-0.05, 0) is 97.8 Å². The molecule has 2 fully saturated rings. The third kappa shape index (κ3) is 9.14. The Morgan fingerprint density at radius 1 is 0.571 bits per heavy atom. The summed E-state index contributed by atoms with van der Waals surface area (Å²) in [5, 5.41) is 0. The van der Waals surface area contributed by atoms with E-state index in [0.717, 1.165) is 35.6 Å². The Bertz CT molecular complexity index is 2120. The molecule has 4 N–H and O–H groups in total. The number of halogens is 2. The van der Waals surface area contributed by atoms with Crippen LogP contribution in [-0.4, -0.2) is 77.7 Å². The fourth-order valence-electron chi connectivity index (χ4n) is 6.82. The molecule has 0 unspecified atom stereocenters. The van der Waals surface area contributed by atoms with Crippen molar-refractivity contribution in [1.82, 2.24) is 39.7 Å². The van der Waals surface area contributed by atoms with E-state index < -0.39 is 0 Å². The van der Waals surface area contributed by atoms with Gasteiger partial charge in [0, 0.05) is 73.9 Å². The van der Waals surface area contributed by atoms with Crippen LogP contribution in [0.25, 0.3) is 22.5 Å². The van der Waals surface area contributed by atoms with Crippen LogP contribution >= 0.6 is 0 Å². The summed E-state index contributed by atoms with van der Waals surface area (Å²) in [6.07, 6.45) is 8.82. The van der Waals surface area contributed by atoms with Crippen molar-refractivity contribution in [2.45, 2.75) is 37.5 Å². The van der Waals surface area contributed by atoms with E-state index in [-0.39, 0.29) is 48.1 Å². The molecule has 56 heavy (non-hydrogen) atoms. The minimum absolute atomic E-state index is 0.0195. The lowest BCUT2D eigenvalue weighted by Crippen LogP contribution is -2.30. The van der Waals surface area contributed by atoms with Gasteiger partial charge in [0.1, 0.15) is 23.3 Å². The highest BCUT2D eigenvalue weighted by molar-refractivity contribution is 5.81. The number of hydrogen-bond donors (Lipinski definition) is 2. The van der Waals surface area contributed by atoms with Crippen molar-refractivity contribution in [1.29, 1.82) is 0 Å². The molecule has 0 spiro atoms. The first kappa shape index (κ1) is 37.6. The number of rotatable bonds is 8. The largest absolute Gasteiger partial charge is 0.397 e. The molecule has 0 radical (unpaired) electrons. The summed E-state index contributed by atoms with van der Waals surface area (Å²) in [7, 11) is 0. The molecule has 2 aromatic carbocycles. The van der Waals surface area contributed by atoms with Crippen LogP contribution in [0.15, 0.2) is 110 Å². The number of nitrogen functional groups attached to an aromatic ring is 2. The van der Waals surface area contributed by atoms with Gasteiger partial charge in [-0.25, -0.2) is 28.7 Å². The Morgan fingerprint density at radius 3 is 1.32 bits per heavy atom. The number of anilines is 2. The molecular weight excluding hydrogens is 715 g/mol. The molecule has 2 saturated heterocycles. The van der Waals surface area contributed by atoms with E-state index in [2.05, 4.69) is 29.9 Å². The second-order valence-electron chi connectivity index (χ2n) is 13.7. The SMILES string of the molecule is Nc1ccc(-c2ccc(F)cc2)nc1CC(=O)N1CC[C@@H](c2ncccn2)C1.Nc1ccc(-c2ccc(F)cc2)nc1CC(=O)N1CC[C@H](c2ncccn2)C1. The highest BCUT2D eigenvalue weighted by atomic mass is 19.1. The van der Waals surface area contributed by atoms with E-state index >= 15 is 0 Å². The fourth-order valence-corrected chi connectivity index (χ4v) is 6.82. The van der Waals surface area contributed by atoms with Crippen molar-refractivity contribution in [3.63, 3.8) is 0 Å². The number of hydrogen-bond acceptors (Lipinski definition) is 10. The molecule has 6 aromatic rings. The van der Waals surface area contributed by atoms with Gasteiger partial charge in [-0.3, -0.25) is 19.6 Å².